The van der Waals surface area contributed by atoms with Crippen molar-refractivity contribution in [2.75, 3.05) is 6.61 Å². The summed E-state index contributed by atoms with van der Waals surface area (Å²) in [5, 5.41) is 4.41. The van der Waals surface area contributed by atoms with Crippen LogP contribution in [-0.2, 0) is 17.8 Å². The molecule has 1 aromatic heterocycles. The van der Waals surface area contributed by atoms with Crippen LogP contribution in [-0.4, -0.2) is 23.1 Å². The molecule has 1 aliphatic heterocycles. The molecule has 0 fully saturated rings. The number of carbonyl (C=O) groups is 1. The third-order valence-corrected chi connectivity index (χ3v) is 6.38. The Kier molecular flexibility index (Phi) is 5.71. The van der Waals surface area contributed by atoms with Crippen LogP contribution in [0.3, 0.4) is 0 Å². The second kappa shape index (κ2) is 8.28. The van der Waals surface area contributed by atoms with Crippen LogP contribution in [0.4, 0.5) is 0 Å². The van der Waals surface area contributed by atoms with Crippen molar-refractivity contribution in [3.63, 3.8) is 0 Å². The molecule has 7 heteroatoms. The molecule has 0 bridgehead atoms. The number of carbonyl (C=O) groups excluding carboxylic acids is 1. The number of ether oxygens (including phenoxy) is 2. The molecular formula is C23H23ClN2O3S. The molecule has 2 heterocycles. The molecule has 1 amide bonds. The Labute approximate surface area is 185 Å². The van der Waals surface area contributed by atoms with Gasteiger partial charge in [-0.25, -0.2) is 4.98 Å². The standard InChI is InChI=1S/C23H23ClN2O3S/c1-14-19(30-22(26-14)16-8-4-5-9-17(16)24)12-25-20(27)13-28-18-10-6-7-15-11-23(2,3)29-21(15)18/h4-10H,11-13H2,1-3H3,(H,25,27). The first-order valence-corrected chi connectivity index (χ1v) is 10.9. The fraction of sp³-hybridized carbons (Fsp3) is 0.304. The second-order valence-corrected chi connectivity index (χ2v) is 9.35. The summed E-state index contributed by atoms with van der Waals surface area (Å²) < 4.78 is 11.7. The number of aryl methyl sites for hydroxylation is 1. The van der Waals surface area contributed by atoms with Crippen LogP contribution in [0.15, 0.2) is 42.5 Å². The maximum atomic E-state index is 12.3. The monoisotopic (exact) mass is 442 g/mol. The van der Waals surface area contributed by atoms with E-state index < -0.39 is 0 Å². The predicted molar refractivity (Wildman–Crippen MR) is 119 cm³/mol. The van der Waals surface area contributed by atoms with E-state index in [4.69, 9.17) is 21.1 Å². The third kappa shape index (κ3) is 4.45. The van der Waals surface area contributed by atoms with Gasteiger partial charge in [-0.2, -0.15) is 0 Å². The molecule has 0 aliphatic carbocycles. The van der Waals surface area contributed by atoms with Gasteiger partial charge in [0.1, 0.15) is 10.6 Å². The Morgan fingerprint density at radius 3 is 2.87 bits per heavy atom. The Hall–Kier alpha value is -2.57. The van der Waals surface area contributed by atoms with Crippen molar-refractivity contribution in [2.45, 2.75) is 39.3 Å². The molecule has 0 radical (unpaired) electrons. The Balaban J connectivity index is 1.36. The second-order valence-electron chi connectivity index (χ2n) is 7.86. The van der Waals surface area contributed by atoms with E-state index in [1.165, 1.54) is 11.3 Å². The van der Waals surface area contributed by atoms with Crippen LogP contribution in [0.2, 0.25) is 5.02 Å². The van der Waals surface area contributed by atoms with Gasteiger partial charge in [0.15, 0.2) is 18.1 Å². The number of rotatable bonds is 6. The zero-order valence-corrected chi connectivity index (χ0v) is 18.7. The number of hydrogen-bond donors (Lipinski definition) is 1. The molecule has 1 aliphatic rings. The van der Waals surface area contributed by atoms with E-state index in [9.17, 15) is 4.79 Å². The minimum atomic E-state index is -0.257. The average molecular weight is 443 g/mol. The van der Waals surface area contributed by atoms with E-state index in [1.54, 1.807) is 0 Å². The summed E-state index contributed by atoms with van der Waals surface area (Å²) in [6.45, 7) is 6.33. The van der Waals surface area contributed by atoms with Crippen molar-refractivity contribution in [1.82, 2.24) is 10.3 Å². The molecule has 2 aromatic carbocycles. The number of hydrogen-bond acceptors (Lipinski definition) is 5. The van der Waals surface area contributed by atoms with Gasteiger partial charge < -0.3 is 14.8 Å². The predicted octanol–water partition coefficient (Wildman–Crippen LogP) is 5.18. The largest absolute Gasteiger partial charge is 0.483 e. The first kappa shape index (κ1) is 20.7. The fourth-order valence-corrected chi connectivity index (χ4v) is 4.74. The number of benzene rings is 2. The summed E-state index contributed by atoms with van der Waals surface area (Å²) in [6, 6.07) is 13.4. The number of fused-ring (bicyclic) bond motifs is 1. The number of nitrogens with zero attached hydrogens (tertiary/aromatic N) is 1. The maximum Gasteiger partial charge on any atom is 0.258 e. The van der Waals surface area contributed by atoms with Crippen LogP contribution in [0.1, 0.15) is 30.0 Å². The highest BCUT2D eigenvalue weighted by Crippen LogP contribution is 2.41. The van der Waals surface area contributed by atoms with Gasteiger partial charge in [0.05, 0.1) is 17.3 Å². The zero-order valence-electron chi connectivity index (χ0n) is 17.1. The highest BCUT2D eigenvalue weighted by atomic mass is 35.5. The zero-order chi connectivity index (χ0) is 21.3. The van der Waals surface area contributed by atoms with E-state index in [-0.39, 0.29) is 18.1 Å². The minimum Gasteiger partial charge on any atom is -0.483 e. The molecule has 0 saturated carbocycles. The summed E-state index contributed by atoms with van der Waals surface area (Å²) in [5.41, 5.74) is 2.62. The first-order valence-electron chi connectivity index (χ1n) is 9.74. The van der Waals surface area contributed by atoms with Gasteiger partial charge in [0, 0.05) is 22.4 Å². The van der Waals surface area contributed by atoms with Crippen LogP contribution in [0, 0.1) is 6.92 Å². The highest BCUT2D eigenvalue weighted by Gasteiger charge is 2.32. The number of nitrogens with one attached hydrogen (secondary N) is 1. The molecule has 3 aromatic rings. The van der Waals surface area contributed by atoms with Gasteiger partial charge in [0.2, 0.25) is 0 Å². The van der Waals surface area contributed by atoms with Crippen molar-refractivity contribution in [1.29, 1.82) is 0 Å². The highest BCUT2D eigenvalue weighted by molar-refractivity contribution is 7.15. The minimum absolute atomic E-state index is 0.0739. The van der Waals surface area contributed by atoms with Crippen LogP contribution in [0.25, 0.3) is 10.6 Å². The topological polar surface area (TPSA) is 60.5 Å². The van der Waals surface area contributed by atoms with Gasteiger partial charge in [0.25, 0.3) is 5.91 Å². The Bertz CT molecular complexity index is 1090. The Morgan fingerprint density at radius 1 is 1.27 bits per heavy atom. The number of aromatic nitrogens is 1. The summed E-state index contributed by atoms with van der Waals surface area (Å²) in [7, 11) is 0. The van der Waals surface area contributed by atoms with Crippen molar-refractivity contribution in [3.8, 4) is 22.1 Å². The van der Waals surface area contributed by atoms with Crippen molar-refractivity contribution in [2.24, 2.45) is 0 Å². The molecule has 0 spiro atoms. The smallest absolute Gasteiger partial charge is 0.258 e. The Morgan fingerprint density at radius 2 is 2.07 bits per heavy atom. The molecular weight excluding hydrogens is 420 g/mol. The van der Waals surface area contributed by atoms with E-state index in [0.717, 1.165) is 38.9 Å². The normalized spacial score (nSPS) is 14.1. The van der Waals surface area contributed by atoms with Gasteiger partial charge in [-0.05, 0) is 32.9 Å². The lowest BCUT2D eigenvalue weighted by atomic mass is 10.0. The molecule has 0 saturated heterocycles. The fourth-order valence-electron chi connectivity index (χ4n) is 3.42. The third-order valence-electron chi connectivity index (χ3n) is 4.86. The quantitative estimate of drug-likeness (QED) is 0.571. The van der Waals surface area contributed by atoms with Gasteiger partial charge in [-0.1, -0.05) is 41.9 Å². The molecule has 30 heavy (non-hydrogen) atoms. The van der Waals surface area contributed by atoms with Gasteiger partial charge in [-0.15, -0.1) is 11.3 Å². The van der Waals surface area contributed by atoms with E-state index in [2.05, 4.69) is 10.3 Å². The van der Waals surface area contributed by atoms with Crippen molar-refractivity contribution in [3.05, 3.63) is 63.6 Å². The SMILES string of the molecule is Cc1nc(-c2ccccc2Cl)sc1CNC(=O)COc1cccc2c1OC(C)(C)C2. The van der Waals surface area contributed by atoms with Crippen LogP contribution in [0.5, 0.6) is 11.5 Å². The van der Waals surface area contributed by atoms with Gasteiger partial charge in [-0.3, -0.25) is 4.79 Å². The summed E-state index contributed by atoms with van der Waals surface area (Å²) >= 11 is 7.80. The maximum absolute atomic E-state index is 12.3. The number of para-hydroxylation sites is 1. The number of halogens is 1. The van der Waals surface area contributed by atoms with E-state index in [1.807, 2.05) is 63.2 Å². The molecule has 4 rings (SSSR count). The molecule has 1 N–H and O–H groups in total. The molecule has 5 nitrogen and oxygen atoms in total. The number of thiazole rings is 1. The number of amides is 1. The average Bonchev–Trinajstić information content (AvgIpc) is 3.22. The van der Waals surface area contributed by atoms with Crippen molar-refractivity contribution >= 4 is 28.8 Å². The summed E-state index contributed by atoms with van der Waals surface area (Å²) in [6.07, 6.45) is 0.824. The first-order chi connectivity index (χ1) is 14.3. The van der Waals surface area contributed by atoms with Gasteiger partial charge >= 0.3 is 0 Å². The van der Waals surface area contributed by atoms with Crippen LogP contribution < -0.4 is 14.8 Å². The van der Waals surface area contributed by atoms with Crippen molar-refractivity contribution < 1.29 is 14.3 Å². The lowest BCUT2D eigenvalue weighted by Gasteiger charge is -2.18. The summed E-state index contributed by atoms with van der Waals surface area (Å²) in [5.74, 6) is 1.14. The van der Waals surface area contributed by atoms with E-state index >= 15 is 0 Å². The van der Waals surface area contributed by atoms with E-state index in [0.29, 0.717) is 17.3 Å². The molecule has 0 unspecified atom stereocenters. The molecule has 0 atom stereocenters. The summed E-state index contributed by atoms with van der Waals surface area (Å²) in [4.78, 5) is 17.9. The lowest BCUT2D eigenvalue weighted by Crippen LogP contribution is -2.28. The lowest BCUT2D eigenvalue weighted by molar-refractivity contribution is -0.123. The molecule has 156 valence electrons. The van der Waals surface area contributed by atoms with Crippen LogP contribution >= 0.6 is 22.9 Å².